The number of carbonyl (C=O) groups is 3. The number of nitrogens with zero attached hydrogens (tertiary/aromatic N) is 3. The van der Waals surface area contributed by atoms with Gasteiger partial charge in [0.1, 0.15) is 5.60 Å². The summed E-state index contributed by atoms with van der Waals surface area (Å²) in [4.78, 5) is 38.4. The molecule has 0 bridgehead atoms. The third-order valence-corrected chi connectivity index (χ3v) is 4.79. The molecule has 172 valence electrons. The first-order valence-electron chi connectivity index (χ1n) is 9.79. The highest BCUT2D eigenvalue weighted by molar-refractivity contribution is 7.82. The maximum Gasteiger partial charge on any atom is 0.420 e. The maximum absolute atomic E-state index is 12.5. The zero-order valence-electron chi connectivity index (χ0n) is 18.5. The van der Waals surface area contributed by atoms with Crippen LogP contribution in [0.25, 0.3) is 0 Å². The Bertz CT molecular complexity index is 978. The van der Waals surface area contributed by atoms with Crippen LogP contribution in [-0.4, -0.2) is 40.9 Å². The summed E-state index contributed by atoms with van der Waals surface area (Å²) in [5.41, 5.74) is 6.95. The van der Waals surface area contributed by atoms with Gasteiger partial charge in [-0.25, -0.2) is 23.6 Å². The van der Waals surface area contributed by atoms with E-state index in [0.717, 1.165) is 9.87 Å². The second-order valence-corrected chi connectivity index (χ2v) is 8.55. The summed E-state index contributed by atoms with van der Waals surface area (Å²) in [6.07, 6.45) is -2.45. The SMILES string of the molecule is CN(Cc1ccccc1)c1ccc(N(S)C(N)=O)cc1CN(C(=O)O)C(=O)OC(C)(C)C. The van der Waals surface area contributed by atoms with Crippen molar-refractivity contribution in [3.8, 4) is 0 Å². The Hall–Kier alpha value is -3.40. The summed E-state index contributed by atoms with van der Waals surface area (Å²) in [6.45, 7) is 5.18. The molecule has 4 amide bonds. The van der Waals surface area contributed by atoms with Crippen LogP contribution in [0.15, 0.2) is 48.5 Å². The van der Waals surface area contributed by atoms with Crippen molar-refractivity contribution in [2.75, 3.05) is 16.3 Å². The number of imide groups is 1. The fourth-order valence-corrected chi connectivity index (χ4v) is 3.09. The summed E-state index contributed by atoms with van der Waals surface area (Å²) < 4.78 is 6.17. The number of primary amides is 1. The highest BCUT2D eigenvalue weighted by Gasteiger charge is 2.28. The van der Waals surface area contributed by atoms with Crippen LogP contribution in [0, 0.1) is 0 Å². The zero-order chi connectivity index (χ0) is 24.1. The van der Waals surface area contributed by atoms with Crippen LogP contribution in [0.1, 0.15) is 31.9 Å². The Kier molecular flexibility index (Phi) is 7.98. The summed E-state index contributed by atoms with van der Waals surface area (Å²) >= 11 is 4.08. The van der Waals surface area contributed by atoms with E-state index in [1.165, 1.54) is 0 Å². The summed E-state index contributed by atoms with van der Waals surface area (Å²) in [7, 11) is 1.84. The Labute approximate surface area is 192 Å². The lowest BCUT2D eigenvalue weighted by molar-refractivity contribution is 0.0255. The monoisotopic (exact) mass is 460 g/mol. The topological polar surface area (TPSA) is 116 Å². The Balaban J connectivity index is 2.44. The highest BCUT2D eigenvalue weighted by atomic mass is 32.1. The van der Waals surface area contributed by atoms with E-state index in [4.69, 9.17) is 10.5 Å². The van der Waals surface area contributed by atoms with Crippen molar-refractivity contribution in [2.45, 2.75) is 39.5 Å². The molecule has 0 unspecified atom stereocenters. The molecule has 0 aliphatic carbocycles. The Morgan fingerprint density at radius 1 is 1.06 bits per heavy atom. The van der Waals surface area contributed by atoms with E-state index in [-0.39, 0.29) is 6.54 Å². The van der Waals surface area contributed by atoms with E-state index in [9.17, 15) is 19.5 Å². The normalized spacial score (nSPS) is 10.9. The van der Waals surface area contributed by atoms with Crippen LogP contribution in [0.5, 0.6) is 0 Å². The van der Waals surface area contributed by atoms with Gasteiger partial charge in [0.15, 0.2) is 0 Å². The molecule has 10 heteroatoms. The van der Waals surface area contributed by atoms with Crippen molar-refractivity contribution < 1.29 is 24.2 Å². The molecule has 0 radical (unpaired) electrons. The second-order valence-electron chi connectivity index (χ2n) is 8.15. The van der Waals surface area contributed by atoms with Gasteiger partial charge in [-0.15, -0.1) is 0 Å². The van der Waals surface area contributed by atoms with Crippen molar-refractivity contribution in [3.63, 3.8) is 0 Å². The number of urea groups is 1. The number of nitrogens with two attached hydrogens (primary N) is 1. The van der Waals surface area contributed by atoms with Crippen molar-refractivity contribution in [2.24, 2.45) is 5.73 Å². The summed E-state index contributed by atoms with van der Waals surface area (Å²) in [6, 6.07) is 13.8. The van der Waals surface area contributed by atoms with E-state index in [1.54, 1.807) is 39.0 Å². The van der Waals surface area contributed by atoms with Gasteiger partial charge in [-0.1, -0.05) is 43.1 Å². The number of amides is 4. The van der Waals surface area contributed by atoms with Gasteiger partial charge < -0.3 is 20.5 Å². The largest absolute Gasteiger partial charge is 0.465 e. The van der Waals surface area contributed by atoms with Crippen LogP contribution in [0.4, 0.5) is 25.8 Å². The molecule has 0 aromatic heterocycles. The van der Waals surface area contributed by atoms with Crippen molar-refractivity contribution in [1.29, 1.82) is 0 Å². The van der Waals surface area contributed by atoms with Crippen molar-refractivity contribution in [3.05, 3.63) is 59.7 Å². The first kappa shape index (κ1) is 24.9. The third kappa shape index (κ3) is 6.81. The molecule has 0 aliphatic rings. The molecule has 0 spiro atoms. The van der Waals surface area contributed by atoms with Gasteiger partial charge in [0, 0.05) is 19.3 Å². The molecule has 0 heterocycles. The molecule has 2 aromatic rings. The maximum atomic E-state index is 12.5. The van der Waals surface area contributed by atoms with E-state index < -0.39 is 23.8 Å². The number of hydrogen-bond acceptors (Lipinski definition) is 6. The lowest BCUT2D eigenvalue weighted by atomic mass is 10.1. The van der Waals surface area contributed by atoms with Gasteiger partial charge in [0.2, 0.25) is 0 Å². The minimum Gasteiger partial charge on any atom is -0.465 e. The van der Waals surface area contributed by atoms with E-state index >= 15 is 0 Å². The number of thiol groups is 1. The molecule has 3 N–H and O–H groups in total. The Morgan fingerprint density at radius 2 is 1.69 bits per heavy atom. The van der Waals surface area contributed by atoms with Crippen molar-refractivity contribution >= 4 is 42.4 Å². The number of benzene rings is 2. The van der Waals surface area contributed by atoms with Crippen LogP contribution in [0.3, 0.4) is 0 Å². The minimum absolute atomic E-state index is 0.299. The third-order valence-electron chi connectivity index (χ3n) is 4.36. The van der Waals surface area contributed by atoms with Gasteiger partial charge in [0.25, 0.3) is 0 Å². The van der Waals surface area contributed by atoms with Crippen LogP contribution < -0.4 is 14.9 Å². The summed E-state index contributed by atoms with van der Waals surface area (Å²) in [5, 5.41) is 9.65. The second kappa shape index (κ2) is 10.3. The highest BCUT2D eigenvalue weighted by Crippen LogP contribution is 2.29. The lowest BCUT2D eigenvalue weighted by Crippen LogP contribution is -2.40. The smallest absolute Gasteiger partial charge is 0.420 e. The average molecular weight is 461 g/mol. The first-order valence-corrected chi connectivity index (χ1v) is 10.2. The van der Waals surface area contributed by atoms with E-state index in [1.807, 2.05) is 42.3 Å². The molecule has 2 rings (SSSR count). The lowest BCUT2D eigenvalue weighted by Gasteiger charge is -2.28. The fraction of sp³-hybridized carbons (Fsp3) is 0.318. The van der Waals surface area contributed by atoms with Gasteiger partial charge >= 0.3 is 18.2 Å². The average Bonchev–Trinajstić information content (AvgIpc) is 2.70. The number of anilines is 2. The predicted molar refractivity (Wildman–Crippen MR) is 126 cm³/mol. The fourth-order valence-electron chi connectivity index (χ4n) is 2.97. The Morgan fingerprint density at radius 3 is 2.22 bits per heavy atom. The number of carbonyl (C=O) groups excluding carboxylic acids is 2. The van der Waals surface area contributed by atoms with Crippen LogP contribution in [0.2, 0.25) is 0 Å². The van der Waals surface area contributed by atoms with Gasteiger partial charge in [0.05, 0.1) is 12.2 Å². The van der Waals surface area contributed by atoms with E-state index in [2.05, 4.69) is 12.8 Å². The molecule has 32 heavy (non-hydrogen) atoms. The zero-order valence-corrected chi connectivity index (χ0v) is 19.4. The van der Waals surface area contributed by atoms with Gasteiger partial charge in [-0.3, -0.25) is 0 Å². The predicted octanol–water partition coefficient (Wildman–Crippen LogP) is 4.47. The minimum atomic E-state index is -1.46. The molecule has 9 nitrogen and oxygen atoms in total. The molecule has 2 aromatic carbocycles. The molecule has 0 aliphatic heterocycles. The van der Waals surface area contributed by atoms with Crippen LogP contribution in [-0.2, 0) is 17.8 Å². The molecule has 0 saturated carbocycles. The van der Waals surface area contributed by atoms with Gasteiger partial charge in [-0.05, 0) is 50.1 Å². The number of hydrogen-bond donors (Lipinski definition) is 3. The van der Waals surface area contributed by atoms with Crippen LogP contribution >= 0.6 is 12.8 Å². The molecule has 0 atom stereocenters. The molecular weight excluding hydrogens is 432 g/mol. The first-order chi connectivity index (χ1) is 14.9. The number of rotatable bonds is 6. The van der Waals surface area contributed by atoms with Gasteiger partial charge in [-0.2, -0.15) is 0 Å². The molecular formula is C22H28N4O5S. The number of ether oxygens (including phenoxy) is 1. The molecule has 0 saturated heterocycles. The molecule has 0 fully saturated rings. The van der Waals surface area contributed by atoms with E-state index in [0.29, 0.717) is 28.4 Å². The number of carboxylic acid groups (broad SMARTS) is 1. The summed E-state index contributed by atoms with van der Waals surface area (Å²) in [5.74, 6) is 0. The van der Waals surface area contributed by atoms with Crippen molar-refractivity contribution in [1.82, 2.24) is 4.90 Å². The quantitative estimate of drug-likeness (QED) is 0.548. The standard InChI is InChI=1S/C22H28N4O5S/c1-22(2,3)31-21(30)25(20(28)29)14-16-12-17(26(32)19(23)27)10-11-18(16)24(4)13-15-8-6-5-7-9-15/h5-12,32H,13-14H2,1-4H3,(H2,23,27)(H,28,29).